The number of benzene rings is 1. The van der Waals surface area contributed by atoms with Gasteiger partial charge in [0.2, 0.25) is 0 Å². The number of carboxylic acid groups (broad SMARTS) is 1. The summed E-state index contributed by atoms with van der Waals surface area (Å²) in [5, 5.41) is 12.6. The lowest BCUT2D eigenvalue weighted by atomic mass is 10.1. The quantitative estimate of drug-likeness (QED) is 0.454. The van der Waals surface area contributed by atoms with Crippen molar-refractivity contribution in [1.82, 2.24) is 9.97 Å². The highest BCUT2D eigenvalue weighted by atomic mass is 35.5. The van der Waals surface area contributed by atoms with Crippen LogP contribution in [0.1, 0.15) is 40.3 Å². The molecule has 0 saturated carbocycles. The molecule has 1 amide bonds. The average Bonchev–Trinajstić information content (AvgIpc) is 3.15. The number of halogens is 2. The lowest BCUT2D eigenvalue weighted by molar-refractivity contribution is 0.0691. The number of aryl methyl sites for hydroxylation is 1. The molecule has 3 aromatic rings. The predicted octanol–water partition coefficient (Wildman–Crippen LogP) is 5.02. The van der Waals surface area contributed by atoms with Gasteiger partial charge in [-0.2, -0.15) is 0 Å². The Kier molecular flexibility index (Phi) is 6.65. The predicted molar refractivity (Wildman–Crippen MR) is 125 cm³/mol. The number of pyridine rings is 2. The molecule has 10 heteroatoms. The third kappa shape index (κ3) is 5.09. The number of anilines is 2. The maximum Gasteiger partial charge on any atom is 0.415 e. The van der Waals surface area contributed by atoms with Crippen LogP contribution in [0.25, 0.3) is 0 Å². The molecule has 1 aliphatic rings. The fourth-order valence-electron chi connectivity index (χ4n) is 3.83. The number of nitrogens with zero attached hydrogens (tertiary/aromatic N) is 3. The molecule has 0 bridgehead atoms. The second-order valence-electron chi connectivity index (χ2n) is 8.06. The van der Waals surface area contributed by atoms with Crippen LogP contribution in [0.5, 0.6) is 0 Å². The number of aromatic nitrogens is 2. The van der Waals surface area contributed by atoms with Gasteiger partial charge in [-0.3, -0.25) is 4.90 Å². The van der Waals surface area contributed by atoms with Crippen LogP contribution in [0, 0.1) is 12.7 Å². The topological polar surface area (TPSA) is 105 Å². The molecule has 1 saturated heterocycles. The molecule has 0 unspecified atom stereocenters. The SMILES string of the molecule is Cc1cc([C@@H](C)Nc2ccc(Cl)nc2C(=O)O)nc(N2C(=O)OC[C@@H]2Cc2ccc(F)cc2)c1. The summed E-state index contributed by atoms with van der Waals surface area (Å²) < 4.78 is 18.6. The Hall–Kier alpha value is -3.72. The van der Waals surface area contributed by atoms with Crippen molar-refractivity contribution >= 4 is 35.2 Å². The van der Waals surface area contributed by atoms with Crippen LogP contribution >= 0.6 is 11.6 Å². The third-order valence-electron chi connectivity index (χ3n) is 5.45. The van der Waals surface area contributed by atoms with Crippen LogP contribution in [0.15, 0.2) is 48.5 Å². The number of cyclic esters (lactones) is 1. The largest absolute Gasteiger partial charge is 0.476 e. The smallest absolute Gasteiger partial charge is 0.415 e. The average molecular weight is 485 g/mol. The molecule has 3 heterocycles. The summed E-state index contributed by atoms with van der Waals surface area (Å²) in [6, 6.07) is 12.1. The number of carbonyl (C=O) groups excluding carboxylic acids is 1. The summed E-state index contributed by atoms with van der Waals surface area (Å²) in [5.41, 5.74) is 2.43. The molecule has 1 fully saturated rings. The first-order valence-electron chi connectivity index (χ1n) is 10.6. The second kappa shape index (κ2) is 9.64. The van der Waals surface area contributed by atoms with E-state index in [0.29, 0.717) is 23.6 Å². The Morgan fingerprint density at radius 2 is 2.00 bits per heavy atom. The number of nitrogens with one attached hydrogen (secondary N) is 1. The normalized spacial score (nSPS) is 16.3. The monoisotopic (exact) mass is 484 g/mol. The Labute approximate surface area is 200 Å². The van der Waals surface area contributed by atoms with E-state index in [2.05, 4.69) is 15.3 Å². The molecule has 0 spiro atoms. The minimum absolute atomic E-state index is 0.0753. The Morgan fingerprint density at radius 3 is 2.71 bits per heavy atom. The fraction of sp³-hybridized carbons (Fsp3) is 0.250. The van der Waals surface area contributed by atoms with Crippen LogP contribution in [-0.4, -0.2) is 39.8 Å². The van der Waals surface area contributed by atoms with Crippen molar-refractivity contribution in [2.75, 3.05) is 16.8 Å². The van der Waals surface area contributed by atoms with Crippen molar-refractivity contribution in [3.63, 3.8) is 0 Å². The molecule has 0 aliphatic carbocycles. The summed E-state index contributed by atoms with van der Waals surface area (Å²) >= 11 is 5.84. The molecular formula is C24H22ClFN4O4. The first-order valence-corrected chi connectivity index (χ1v) is 10.9. The molecule has 34 heavy (non-hydrogen) atoms. The first-order chi connectivity index (χ1) is 16.2. The number of ether oxygens (including phenoxy) is 1. The van der Waals surface area contributed by atoms with Crippen LogP contribution < -0.4 is 10.2 Å². The Balaban J connectivity index is 1.60. The van der Waals surface area contributed by atoms with Gasteiger partial charge in [0, 0.05) is 0 Å². The molecule has 1 aliphatic heterocycles. The molecule has 176 valence electrons. The van der Waals surface area contributed by atoms with Gasteiger partial charge in [-0.05, 0) is 67.8 Å². The maximum atomic E-state index is 13.3. The number of hydrogen-bond donors (Lipinski definition) is 2. The Bertz CT molecular complexity index is 1240. The summed E-state index contributed by atoms with van der Waals surface area (Å²) in [6.45, 7) is 3.89. The van der Waals surface area contributed by atoms with Gasteiger partial charge in [0.05, 0.1) is 23.5 Å². The number of hydrogen-bond acceptors (Lipinski definition) is 6. The number of carbonyl (C=O) groups is 2. The molecule has 2 atom stereocenters. The first kappa shape index (κ1) is 23.4. The molecule has 2 N–H and O–H groups in total. The van der Waals surface area contributed by atoms with Gasteiger partial charge < -0.3 is 15.2 Å². The molecule has 2 aromatic heterocycles. The minimum atomic E-state index is -1.21. The maximum absolute atomic E-state index is 13.3. The van der Waals surface area contributed by atoms with E-state index in [1.807, 2.05) is 19.9 Å². The van der Waals surface area contributed by atoms with Crippen LogP contribution in [-0.2, 0) is 11.2 Å². The zero-order valence-electron chi connectivity index (χ0n) is 18.5. The number of carboxylic acids is 1. The van der Waals surface area contributed by atoms with Gasteiger partial charge in [0.25, 0.3) is 0 Å². The number of aromatic carboxylic acids is 1. The second-order valence-corrected chi connectivity index (χ2v) is 8.45. The Morgan fingerprint density at radius 1 is 1.26 bits per heavy atom. The van der Waals surface area contributed by atoms with Crippen LogP contribution in [0.3, 0.4) is 0 Å². The minimum Gasteiger partial charge on any atom is -0.476 e. The highest BCUT2D eigenvalue weighted by Crippen LogP contribution is 2.28. The number of amides is 1. The van der Waals surface area contributed by atoms with E-state index >= 15 is 0 Å². The fourth-order valence-corrected chi connectivity index (χ4v) is 3.97. The standard InChI is InChI=1S/C24H22ClFN4O4/c1-13-9-19(14(2)27-18-7-8-20(25)29-22(18)23(31)32)28-21(10-13)30-17(12-34-24(30)33)11-15-3-5-16(26)6-4-15/h3-10,14,17,27H,11-12H2,1-2H3,(H,31,32)/t14-,17+/m1/s1. The van der Waals surface area contributed by atoms with Crippen molar-refractivity contribution in [3.05, 3.63) is 82.0 Å². The van der Waals surface area contributed by atoms with Gasteiger partial charge in [-0.15, -0.1) is 0 Å². The zero-order valence-corrected chi connectivity index (χ0v) is 19.2. The summed E-state index contributed by atoms with van der Waals surface area (Å²) in [5.74, 6) is -1.11. The van der Waals surface area contributed by atoms with E-state index in [1.165, 1.54) is 23.1 Å². The van der Waals surface area contributed by atoms with Crippen molar-refractivity contribution in [3.8, 4) is 0 Å². The van der Waals surface area contributed by atoms with E-state index in [4.69, 9.17) is 16.3 Å². The van der Waals surface area contributed by atoms with E-state index in [-0.39, 0.29) is 29.3 Å². The van der Waals surface area contributed by atoms with Gasteiger partial charge in [0.15, 0.2) is 5.69 Å². The number of rotatable bonds is 7. The van der Waals surface area contributed by atoms with E-state index < -0.39 is 18.1 Å². The van der Waals surface area contributed by atoms with E-state index in [1.54, 1.807) is 24.3 Å². The van der Waals surface area contributed by atoms with Crippen molar-refractivity contribution < 1.29 is 23.8 Å². The summed E-state index contributed by atoms with van der Waals surface area (Å²) in [7, 11) is 0. The van der Waals surface area contributed by atoms with E-state index in [9.17, 15) is 19.1 Å². The van der Waals surface area contributed by atoms with Crippen LogP contribution in [0.2, 0.25) is 5.15 Å². The molecule has 4 rings (SSSR count). The highest BCUT2D eigenvalue weighted by Gasteiger charge is 2.35. The van der Waals surface area contributed by atoms with Gasteiger partial charge in [0.1, 0.15) is 23.4 Å². The third-order valence-corrected chi connectivity index (χ3v) is 5.66. The van der Waals surface area contributed by atoms with Crippen LogP contribution in [0.4, 0.5) is 20.7 Å². The van der Waals surface area contributed by atoms with Gasteiger partial charge in [-0.25, -0.2) is 23.9 Å². The highest BCUT2D eigenvalue weighted by molar-refractivity contribution is 6.29. The molecular weight excluding hydrogens is 463 g/mol. The summed E-state index contributed by atoms with van der Waals surface area (Å²) in [6.07, 6.45) is -0.0322. The van der Waals surface area contributed by atoms with E-state index in [0.717, 1.165) is 11.1 Å². The lowest BCUT2D eigenvalue weighted by Gasteiger charge is -2.23. The summed E-state index contributed by atoms with van der Waals surface area (Å²) in [4.78, 5) is 34.2. The van der Waals surface area contributed by atoms with Crippen molar-refractivity contribution in [2.45, 2.75) is 32.4 Å². The molecule has 8 nitrogen and oxygen atoms in total. The molecule has 1 aromatic carbocycles. The van der Waals surface area contributed by atoms with Crippen molar-refractivity contribution in [1.29, 1.82) is 0 Å². The lowest BCUT2D eigenvalue weighted by Crippen LogP contribution is -2.36. The zero-order chi connectivity index (χ0) is 24.4. The van der Waals surface area contributed by atoms with Crippen molar-refractivity contribution in [2.24, 2.45) is 0 Å². The van der Waals surface area contributed by atoms with Gasteiger partial charge in [-0.1, -0.05) is 23.7 Å². The van der Waals surface area contributed by atoms with Gasteiger partial charge >= 0.3 is 12.1 Å². The molecule has 0 radical (unpaired) electrons.